The molecule has 0 spiro atoms. The van der Waals surface area contributed by atoms with E-state index in [9.17, 15) is 4.79 Å². The van der Waals surface area contributed by atoms with E-state index in [0.717, 1.165) is 50.0 Å². The Labute approximate surface area is 166 Å². The second-order valence-electron chi connectivity index (χ2n) is 8.43. The summed E-state index contributed by atoms with van der Waals surface area (Å²) < 4.78 is 5.89. The number of piperidine rings is 1. The van der Waals surface area contributed by atoms with Crippen LogP contribution in [-0.2, 0) is 13.0 Å². The average Bonchev–Trinajstić information content (AvgIpc) is 2.92. The molecule has 4 heteroatoms. The van der Waals surface area contributed by atoms with Gasteiger partial charge in [0, 0.05) is 12.6 Å². The van der Waals surface area contributed by atoms with E-state index < -0.39 is 0 Å². The summed E-state index contributed by atoms with van der Waals surface area (Å²) in [6.45, 7) is 1.60. The van der Waals surface area contributed by atoms with Gasteiger partial charge in [0.05, 0.1) is 17.8 Å². The Hall–Kier alpha value is -2.33. The predicted molar refractivity (Wildman–Crippen MR) is 109 cm³/mol. The number of nitrogens with one attached hydrogen (secondary N) is 1. The maximum Gasteiger partial charge on any atom is 0.256 e. The fraction of sp³-hybridized carbons (Fsp3) is 0.458. The fourth-order valence-corrected chi connectivity index (χ4v) is 5.36. The first-order chi connectivity index (χ1) is 13.8. The normalized spacial score (nSPS) is 26.4. The molecule has 28 heavy (non-hydrogen) atoms. The van der Waals surface area contributed by atoms with Crippen molar-refractivity contribution >= 4 is 5.91 Å². The molecule has 1 amide bonds. The molecular formula is C24H28N2O2. The summed E-state index contributed by atoms with van der Waals surface area (Å²) in [6.07, 6.45) is 7.65. The molecule has 0 aromatic heterocycles. The number of carbonyl (C=O) groups is 1. The molecule has 2 atom stereocenters. The summed E-state index contributed by atoms with van der Waals surface area (Å²) in [7, 11) is 0. The summed E-state index contributed by atoms with van der Waals surface area (Å²) in [5.41, 5.74) is 2.94. The molecule has 5 rings (SSSR count). The second kappa shape index (κ2) is 7.25. The van der Waals surface area contributed by atoms with Crippen molar-refractivity contribution < 1.29 is 9.53 Å². The highest BCUT2D eigenvalue weighted by atomic mass is 16.5. The molecule has 2 aromatic rings. The maximum atomic E-state index is 13.3. The van der Waals surface area contributed by atoms with Crippen LogP contribution >= 0.6 is 0 Å². The first kappa shape index (κ1) is 17.7. The lowest BCUT2D eigenvalue weighted by molar-refractivity contribution is 0.0183. The summed E-state index contributed by atoms with van der Waals surface area (Å²) >= 11 is 0. The van der Waals surface area contributed by atoms with Crippen molar-refractivity contribution in [2.45, 2.75) is 63.2 Å². The van der Waals surface area contributed by atoms with Crippen molar-refractivity contribution in [3.05, 3.63) is 65.2 Å². The van der Waals surface area contributed by atoms with Gasteiger partial charge in [0.25, 0.3) is 5.91 Å². The zero-order chi connectivity index (χ0) is 19.0. The highest BCUT2D eigenvalue weighted by Crippen LogP contribution is 2.43. The largest absolute Gasteiger partial charge is 0.492 e. The molecule has 2 fully saturated rings. The van der Waals surface area contributed by atoms with Crippen LogP contribution in [0, 0.1) is 0 Å². The number of amides is 1. The smallest absolute Gasteiger partial charge is 0.256 e. The van der Waals surface area contributed by atoms with Crippen LogP contribution in [0.2, 0.25) is 0 Å². The van der Waals surface area contributed by atoms with Crippen molar-refractivity contribution in [1.82, 2.24) is 10.2 Å². The van der Waals surface area contributed by atoms with Gasteiger partial charge in [-0.3, -0.25) is 9.69 Å². The van der Waals surface area contributed by atoms with Gasteiger partial charge in [-0.1, -0.05) is 42.5 Å². The number of fused-ring (bicyclic) bond motifs is 3. The molecule has 2 unspecified atom stereocenters. The van der Waals surface area contributed by atoms with Gasteiger partial charge in [0.1, 0.15) is 5.75 Å². The van der Waals surface area contributed by atoms with Gasteiger partial charge < -0.3 is 10.1 Å². The van der Waals surface area contributed by atoms with Gasteiger partial charge in [-0.2, -0.15) is 0 Å². The van der Waals surface area contributed by atoms with Gasteiger partial charge in [0.15, 0.2) is 0 Å². The Morgan fingerprint density at radius 1 is 1.07 bits per heavy atom. The van der Waals surface area contributed by atoms with Crippen LogP contribution in [-0.4, -0.2) is 29.1 Å². The first-order valence-electron chi connectivity index (χ1n) is 10.6. The Morgan fingerprint density at radius 2 is 1.96 bits per heavy atom. The van der Waals surface area contributed by atoms with Crippen LogP contribution < -0.4 is 10.1 Å². The molecule has 0 aliphatic carbocycles. The Bertz CT molecular complexity index is 862. The summed E-state index contributed by atoms with van der Waals surface area (Å²) in [6, 6.07) is 17.2. The first-order valence-corrected chi connectivity index (χ1v) is 10.6. The van der Waals surface area contributed by atoms with Crippen LogP contribution in [0.3, 0.4) is 0 Å². The molecule has 0 radical (unpaired) electrons. The lowest BCUT2D eigenvalue weighted by atomic mass is 9.94. The number of rotatable bonds is 4. The van der Waals surface area contributed by atoms with E-state index in [-0.39, 0.29) is 11.6 Å². The molecule has 1 N–H and O–H groups in total. The Morgan fingerprint density at radius 3 is 2.86 bits per heavy atom. The minimum Gasteiger partial charge on any atom is -0.492 e. The molecule has 3 aliphatic rings. The number of ether oxygens (including phenoxy) is 1. The SMILES string of the molecule is O=C(NC12CCCC(CC1)N2Cc1ccccc1)c1cccc2c1OCCC2. The molecular weight excluding hydrogens is 348 g/mol. The molecule has 2 saturated heterocycles. The minimum atomic E-state index is -0.229. The van der Waals surface area contributed by atoms with Crippen LogP contribution in [0.4, 0.5) is 0 Å². The third-order valence-corrected chi connectivity index (χ3v) is 6.73. The van der Waals surface area contributed by atoms with E-state index >= 15 is 0 Å². The van der Waals surface area contributed by atoms with E-state index in [2.05, 4.69) is 46.6 Å². The van der Waals surface area contributed by atoms with Crippen molar-refractivity contribution in [3.8, 4) is 5.75 Å². The third-order valence-electron chi connectivity index (χ3n) is 6.73. The van der Waals surface area contributed by atoms with Gasteiger partial charge in [-0.25, -0.2) is 0 Å². The van der Waals surface area contributed by atoms with Gasteiger partial charge in [0.2, 0.25) is 0 Å². The number of para-hydroxylation sites is 1. The maximum absolute atomic E-state index is 13.3. The molecule has 3 aliphatic heterocycles. The quantitative estimate of drug-likeness (QED) is 0.866. The van der Waals surface area contributed by atoms with Gasteiger partial charge in [-0.15, -0.1) is 0 Å². The monoisotopic (exact) mass is 376 g/mol. The van der Waals surface area contributed by atoms with Crippen molar-refractivity contribution in [2.75, 3.05) is 6.61 Å². The number of carbonyl (C=O) groups excluding carboxylic acids is 1. The van der Waals surface area contributed by atoms with E-state index in [1.165, 1.54) is 18.4 Å². The topological polar surface area (TPSA) is 41.6 Å². The van der Waals surface area contributed by atoms with Crippen molar-refractivity contribution in [1.29, 1.82) is 0 Å². The van der Waals surface area contributed by atoms with E-state index in [1.54, 1.807) is 0 Å². The predicted octanol–water partition coefficient (Wildman–Crippen LogP) is 4.29. The lowest BCUT2D eigenvalue weighted by Crippen LogP contribution is -2.60. The number of nitrogens with zero attached hydrogens (tertiary/aromatic N) is 1. The van der Waals surface area contributed by atoms with E-state index in [1.807, 2.05) is 12.1 Å². The van der Waals surface area contributed by atoms with E-state index in [4.69, 9.17) is 4.74 Å². The number of hydrogen-bond donors (Lipinski definition) is 1. The second-order valence-corrected chi connectivity index (χ2v) is 8.43. The van der Waals surface area contributed by atoms with Crippen molar-refractivity contribution in [2.24, 2.45) is 0 Å². The standard InChI is InChI=1S/C24H28N2O2/c27-23(21-12-4-9-19-10-6-16-28-22(19)21)25-24-14-5-11-20(13-15-24)26(24)17-18-7-2-1-3-8-18/h1-4,7-9,12,20H,5-6,10-11,13-17H2,(H,25,27). The number of benzene rings is 2. The van der Waals surface area contributed by atoms with Crippen LogP contribution in [0.5, 0.6) is 5.75 Å². The fourth-order valence-electron chi connectivity index (χ4n) is 5.36. The number of hydrogen-bond acceptors (Lipinski definition) is 3. The molecule has 2 bridgehead atoms. The highest BCUT2D eigenvalue weighted by molar-refractivity contribution is 5.98. The van der Waals surface area contributed by atoms with E-state index in [0.29, 0.717) is 18.2 Å². The Balaban J connectivity index is 1.42. The summed E-state index contributed by atoms with van der Waals surface area (Å²) in [5, 5.41) is 3.47. The molecule has 0 saturated carbocycles. The minimum absolute atomic E-state index is 0.0133. The van der Waals surface area contributed by atoms with Gasteiger partial charge >= 0.3 is 0 Å². The molecule has 4 nitrogen and oxygen atoms in total. The third kappa shape index (κ3) is 3.10. The highest BCUT2D eigenvalue weighted by Gasteiger charge is 2.49. The van der Waals surface area contributed by atoms with Gasteiger partial charge in [-0.05, 0) is 62.1 Å². The molecule has 146 valence electrons. The van der Waals surface area contributed by atoms with Crippen LogP contribution in [0.25, 0.3) is 0 Å². The van der Waals surface area contributed by atoms with Crippen LogP contribution in [0.1, 0.15) is 60.0 Å². The van der Waals surface area contributed by atoms with Crippen LogP contribution in [0.15, 0.2) is 48.5 Å². The zero-order valence-corrected chi connectivity index (χ0v) is 16.3. The molecule has 2 aromatic carbocycles. The van der Waals surface area contributed by atoms with Crippen molar-refractivity contribution in [3.63, 3.8) is 0 Å². The molecule has 3 heterocycles. The number of aryl methyl sites for hydroxylation is 1. The zero-order valence-electron chi connectivity index (χ0n) is 16.3. The lowest BCUT2D eigenvalue weighted by Gasteiger charge is -2.45. The Kier molecular flexibility index (Phi) is 4.59. The summed E-state index contributed by atoms with van der Waals surface area (Å²) in [4.78, 5) is 15.9. The average molecular weight is 377 g/mol. The summed E-state index contributed by atoms with van der Waals surface area (Å²) in [5.74, 6) is 0.807.